The zero-order chi connectivity index (χ0) is 16.4. The lowest BCUT2D eigenvalue weighted by atomic mass is 10.1. The molecule has 1 fully saturated rings. The number of carbonyl (C=O) groups excluding carboxylic acids is 2. The summed E-state index contributed by atoms with van der Waals surface area (Å²) in [7, 11) is 0. The van der Waals surface area contributed by atoms with Gasteiger partial charge in [-0.2, -0.15) is 0 Å². The second kappa shape index (κ2) is 6.24. The Balaban J connectivity index is 1.74. The van der Waals surface area contributed by atoms with E-state index in [4.69, 9.17) is 0 Å². The molecule has 2 aromatic rings. The van der Waals surface area contributed by atoms with Crippen LogP contribution in [0.5, 0.6) is 0 Å². The Hall–Kier alpha value is -2.62. The lowest BCUT2D eigenvalue weighted by Crippen LogP contribution is -2.25. The molecule has 23 heavy (non-hydrogen) atoms. The normalized spacial score (nSPS) is 13.5. The second-order valence-corrected chi connectivity index (χ2v) is 6.16. The van der Waals surface area contributed by atoms with Gasteiger partial charge in [0.1, 0.15) is 0 Å². The summed E-state index contributed by atoms with van der Waals surface area (Å²) in [5.74, 6) is -0.258. The molecular weight excluding hydrogens is 288 g/mol. The summed E-state index contributed by atoms with van der Waals surface area (Å²) >= 11 is 0. The number of hydrogen-bond donors (Lipinski definition) is 2. The number of nitrogens with one attached hydrogen (secondary N) is 2. The molecule has 3 rings (SSSR count). The fraction of sp³-hybridized carbons (Fsp3) is 0.263. The van der Waals surface area contributed by atoms with Gasteiger partial charge in [-0.1, -0.05) is 23.3 Å². The third kappa shape index (κ3) is 3.97. The molecule has 2 amide bonds. The van der Waals surface area contributed by atoms with Crippen molar-refractivity contribution in [2.75, 3.05) is 5.32 Å². The molecule has 1 aliphatic rings. The Morgan fingerprint density at radius 3 is 2.26 bits per heavy atom. The molecule has 0 unspecified atom stereocenters. The van der Waals surface area contributed by atoms with Crippen molar-refractivity contribution < 1.29 is 9.59 Å². The number of aryl methyl sites for hydroxylation is 2. The van der Waals surface area contributed by atoms with E-state index in [1.54, 1.807) is 24.3 Å². The van der Waals surface area contributed by atoms with Gasteiger partial charge in [-0.05, 0) is 57.0 Å². The Labute approximate surface area is 135 Å². The highest BCUT2D eigenvalue weighted by atomic mass is 16.2. The quantitative estimate of drug-likeness (QED) is 0.909. The molecule has 1 aliphatic carbocycles. The summed E-state index contributed by atoms with van der Waals surface area (Å²) < 4.78 is 0. The molecule has 0 spiro atoms. The topological polar surface area (TPSA) is 58.2 Å². The predicted molar refractivity (Wildman–Crippen MR) is 90.8 cm³/mol. The van der Waals surface area contributed by atoms with Crippen LogP contribution in [-0.2, 0) is 0 Å². The van der Waals surface area contributed by atoms with Crippen LogP contribution < -0.4 is 10.6 Å². The molecule has 1 saturated carbocycles. The third-order valence-electron chi connectivity index (χ3n) is 3.78. The Morgan fingerprint density at radius 1 is 0.913 bits per heavy atom. The van der Waals surface area contributed by atoms with E-state index in [0.29, 0.717) is 22.9 Å². The number of anilines is 1. The summed E-state index contributed by atoms with van der Waals surface area (Å²) in [5.41, 5.74) is 3.91. The van der Waals surface area contributed by atoms with Gasteiger partial charge in [-0.15, -0.1) is 0 Å². The van der Waals surface area contributed by atoms with E-state index < -0.39 is 0 Å². The maximum Gasteiger partial charge on any atom is 0.255 e. The number of rotatable bonds is 4. The van der Waals surface area contributed by atoms with Crippen LogP contribution in [0.4, 0.5) is 5.69 Å². The van der Waals surface area contributed by atoms with Crippen molar-refractivity contribution in [1.82, 2.24) is 5.32 Å². The van der Waals surface area contributed by atoms with Crippen molar-refractivity contribution in [2.45, 2.75) is 32.7 Å². The number of hydrogen-bond acceptors (Lipinski definition) is 2. The van der Waals surface area contributed by atoms with Crippen LogP contribution in [0.25, 0.3) is 0 Å². The van der Waals surface area contributed by atoms with Crippen LogP contribution in [-0.4, -0.2) is 17.9 Å². The van der Waals surface area contributed by atoms with Crippen molar-refractivity contribution >= 4 is 17.5 Å². The van der Waals surface area contributed by atoms with E-state index in [9.17, 15) is 9.59 Å². The van der Waals surface area contributed by atoms with Gasteiger partial charge in [-0.3, -0.25) is 9.59 Å². The fourth-order valence-electron chi connectivity index (χ4n) is 2.54. The summed E-state index contributed by atoms with van der Waals surface area (Å²) in [6.45, 7) is 3.93. The molecule has 0 aliphatic heterocycles. The second-order valence-electron chi connectivity index (χ2n) is 6.16. The number of amides is 2. The van der Waals surface area contributed by atoms with Crippen LogP contribution >= 0.6 is 0 Å². The van der Waals surface area contributed by atoms with Gasteiger partial charge < -0.3 is 10.6 Å². The lowest BCUT2D eigenvalue weighted by molar-refractivity contribution is 0.0949. The molecular formula is C19H20N2O2. The highest BCUT2D eigenvalue weighted by Crippen LogP contribution is 2.20. The zero-order valence-corrected chi connectivity index (χ0v) is 13.3. The molecule has 4 nitrogen and oxygen atoms in total. The third-order valence-corrected chi connectivity index (χ3v) is 3.78. The molecule has 2 aromatic carbocycles. The molecule has 0 bridgehead atoms. The van der Waals surface area contributed by atoms with Crippen molar-refractivity contribution in [1.29, 1.82) is 0 Å². The first-order valence-electron chi connectivity index (χ1n) is 7.82. The summed E-state index contributed by atoms with van der Waals surface area (Å²) in [6.07, 6.45) is 2.10. The highest BCUT2D eigenvalue weighted by molar-refractivity contribution is 6.05. The Bertz CT molecular complexity index is 743. The van der Waals surface area contributed by atoms with Gasteiger partial charge in [0.25, 0.3) is 11.8 Å². The first-order chi connectivity index (χ1) is 11.0. The smallest absolute Gasteiger partial charge is 0.255 e. The largest absolute Gasteiger partial charge is 0.349 e. The van der Waals surface area contributed by atoms with Gasteiger partial charge in [-0.25, -0.2) is 0 Å². The van der Waals surface area contributed by atoms with Gasteiger partial charge in [0.2, 0.25) is 0 Å². The average Bonchev–Trinajstić information content (AvgIpc) is 3.30. The maximum absolute atomic E-state index is 12.4. The van der Waals surface area contributed by atoms with Gasteiger partial charge in [0.15, 0.2) is 0 Å². The van der Waals surface area contributed by atoms with Crippen LogP contribution in [0, 0.1) is 13.8 Å². The van der Waals surface area contributed by atoms with Crippen molar-refractivity contribution in [3.63, 3.8) is 0 Å². The van der Waals surface area contributed by atoms with Crippen LogP contribution in [0.15, 0.2) is 42.5 Å². The summed E-state index contributed by atoms with van der Waals surface area (Å²) in [4.78, 5) is 24.4. The van der Waals surface area contributed by atoms with E-state index in [1.165, 1.54) is 0 Å². The fourth-order valence-corrected chi connectivity index (χ4v) is 2.54. The minimum Gasteiger partial charge on any atom is -0.349 e. The monoisotopic (exact) mass is 308 g/mol. The first-order valence-corrected chi connectivity index (χ1v) is 7.82. The molecule has 2 N–H and O–H groups in total. The molecule has 0 radical (unpaired) electrons. The Morgan fingerprint density at radius 2 is 1.61 bits per heavy atom. The minimum atomic E-state index is -0.170. The molecule has 0 heterocycles. The van der Waals surface area contributed by atoms with Gasteiger partial charge >= 0.3 is 0 Å². The molecule has 4 heteroatoms. The predicted octanol–water partition coefficient (Wildman–Crippen LogP) is 3.45. The highest BCUT2D eigenvalue weighted by Gasteiger charge is 2.23. The molecule has 0 saturated heterocycles. The SMILES string of the molecule is Cc1cc(C)cc(C(=O)Nc2cccc(C(=O)NC3CC3)c2)c1. The van der Waals surface area contributed by atoms with Gasteiger partial charge in [0.05, 0.1) is 0 Å². The first kappa shape index (κ1) is 15.3. The summed E-state index contributed by atoms with van der Waals surface area (Å²) in [6, 6.07) is 13.1. The standard InChI is InChI=1S/C19H20N2O2/c1-12-8-13(2)10-15(9-12)19(23)21-17-5-3-4-14(11-17)18(22)20-16-6-7-16/h3-5,8-11,16H,6-7H2,1-2H3,(H,20,22)(H,21,23). The van der Waals surface area contributed by atoms with Crippen LogP contribution in [0.1, 0.15) is 44.7 Å². The maximum atomic E-state index is 12.4. The minimum absolute atomic E-state index is 0.0880. The summed E-state index contributed by atoms with van der Waals surface area (Å²) in [5, 5.41) is 5.80. The van der Waals surface area contributed by atoms with E-state index >= 15 is 0 Å². The van der Waals surface area contributed by atoms with E-state index in [2.05, 4.69) is 10.6 Å². The van der Waals surface area contributed by atoms with E-state index in [-0.39, 0.29) is 11.8 Å². The molecule has 0 aromatic heterocycles. The zero-order valence-electron chi connectivity index (χ0n) is 13.3. The van der Waals surface area contributed by atoms with Crippen molar-refractivity contribution in [2.24, 2.45) is 0 Å². The van der Waals surface area contributed by atoms with Crippen molar-refractivity contribution in [3.8, 4) is 0 Å². The van der Waals surface area contributed by atoms with Crippen LogP contribution in [0.2, 0.25) is 0 Å². The average molecular weight is 308 g/mol. The number of carbonyl (C=O) groups is 2. The van der Waals surface area contributed by atoms with Gasteiger partial charge in [0, 0.05) is 22.9 Å². The lowest BCUT2D eigenvalue weighted by Gasteiger charge is -2.09. The van der Waals surface area contributed by atoms with Crippen LogP contribution in [0.3, 0.4) is 0 Å². The Kier molecular flexibility index (Phi) is 4.15. The number of benzene rings is 2. The van der Waals surface area contributed by atoms with E-state index in [1.807, 2.05) is 32.0 Å². The van der Waals surface area contributed by atoms with E-state index in [0.717, 1.165) is 24.0 Å². The molecule has 0 atom stereocenters. The molecule has 118 valence electrons. The van der Waals surface area contributed by atoms with Crippen molar-refractivity contribution in [3.05, 3.63) is 64.7 Å².